The first kappa shape index (κ1) is 23.8. The lowest BCUT2D eigenvalue weighted by Gasteiger charge is -2.16. The van der Waals surface area contributed by atoms with Crippen LogP contribution >= 0.6 is 11.3 Å². The number of aromatic nitrogens is 1. The van der Waals surface area contributed by atoms with Crippen LogP contribution in [-0.2, 0) is 22.4 Å². The number of rotatable bonds is 9. The van der Waals surface area contributed by atoms with Gasteiger partial charge in [-0.05, 0) is 30.5 Å². The fraction of sp³-hybridized carbons (Fsp3) is 0.350. The highest BCUT2D eigenvalue weighted by Gasteiger charge is 2.22. The van der Waals surface area contributed by atoms with Crippen molar-refractivity contribution in [3.63, 3.8) is 0 Å². The number of aryl methyl sites for hydroxylation is 2. The Morgan fingerprint density at radius 3 is 2.42 bits per heavy atom. The highest BCUT2D eigenvalue weighted by Crippen LogP contribution is 2.26. The maximum atomic E-state index is 12.9. The molecule has 0 aliphatic heterocycles. The molecule has 0 saturated heterocycles. The van der Waals surface area contributed by atoms with Crippen LogP contribution in [0.25, 0.3) is 0 Å². The van der Waals surface area contributed by atoms with Crippen LogP contribution in [0.4, 0.5) is 10.8 Å². The van der Waals surface area contributed by atoms with Gasteiger partial charge in [-0.2, -0.15) is 0 Å². The SMILES string of the molecule is CNC(=O)CCN(C)C(=O)c1sc(NC(C)=O)nc1CCc1ccc(N=C(N)N)cc1. The number of aliphatic imine (C=N–C) groups is 1. The number of amides is 3. The summed E-state index contributed by atoms with van der Waals surface area (Å²) in [4.78, 5) is 46.2. The van der Waals surface area contributed by atoms with Crippen LogP contribution in [0.3, 0.4) is 0 Å². The third-order valence-corrected chi connectivity index (χ3v) is 5.32. The molecule has 0 saturated carbocycles. The molecular weight excluding hydrogens is 418 g/mol. The smallest absolute Gasteiger partial charge is 0.265 e. The zero-order valence-electron chi connectivity index (χ0n) is 17.8. The van der Waals surface area contributed by atoms with Gasteiger partial charge in [0.05, 0.1) is 11.4 Å². The highest BCUT2D eigenvalue weighted by molar-refractivity contribution is 7.17. The number of hydrogen-bond donors (Lipinski definition) is 4. The number of anilines is 1. The van der Waals surface area contributed by atoms with Crippen molar-refractivity contribution in [1.29, 1.82) is 0 Å². The Bertz CT molecular complexity index is 966. The monoisotopic (exact) mass is 445 g/mol. The van der Waals surface area contributed by atoms with Gasteiger partial charge in [-0.1, -0.05) is 23.5 Å². The second-order valence-corrected chi connectivity index (χ2v) is 7.83. The molecule has 11 heteroatoms. The van der Waals surface area contributed by atoms with E-state index in [1.165, 1.54) is 11.8 Å². The Kier molecular flexibility index (Phi) is 8.50. The average molecular weight is 446 g/mol. The molecule has 0 radical (unpaired) electrons. The van der Waals surface area contributed by atoms with E-state index < -0.39 is 0 Å². The van der Waals surface area contributed by atoms with E-state index >= 15 is 0 Å². The molecule has 0 atom stereocenters. The van der Waals surface area contributed by atoms with Gasteiger partial charge in [0.15, 0.2) is 11.1 Å². The van der Waals surface area contributed by atoms with Gasteiger partial charge in [-0.15, -0.1) is 0 Å². The van der Waals surface area contributed by atoms with E-state index in [0.717, 1.165) is 16.9 Å². The maximum absolute atomic E-state index is 12.9. The number of thiazole rings is 1. The van der Waals surface area contributed by atoms with Crippen molar-refractivity contribution in [3.05, 3.63) is 40.4 Å². The fourth-order valence-corrected chi connectivity index (χ4v) is 3.76. The predicted molar refractivity (Wildman–Crippen MR) is 121 cm³/mol. The van der Waals surface area contributed by atoms with E-state index in [2.05, 4.69) is 20.6 Å². The van der Waals surface area contributed by atoms with E-state index in [1.807, 2.05) is 12.1 Å². The largest absolute Gasteiger partial charge is 0.370 e. The van der Waals surface area contributed by atoms with Crippen molar-refractivity contribution < 1.29 is 14.4 Å². The van der Waals surface area contributed by atoms with Crippen molar-refractivity contribution in [2.24, 2.45) is 16.5 Å². The van der Waals surface area contributed by atoms with Crippen LogP contribution in [0, 0.1) is 0 Å². The minimum Gasteiger partial charge on any atom is -0.370 e. The summed E-state index contributed by atoms with van der Waals surface area (Å²) in [5, 5.41) is 5.54. The molecule has 0 aliphatic carbocycles. The molecule has 1 heterocycles. The average Bonchev–Trinajstić information content (AvgIpc) is 3.11. The molecule has 1 aromatic heterocycles. The first-order chi connectivity index (χ1) is 14.7. The molecule has 0 bridgehead atoms. The van der Waals surface area contributed by atoms with Gasteiger partial charge < -0.3 is 27.0 Å². The first-order valence-corrected chi connectivity index (χ1v) is 10.4. The summed E-state index contributed by atoms with van der Waals surface area (Å²) >= 11 is 1.13. The van der Waals surface area contributed by atoms with Crippen molar-refractivity contribution >= 4 is 45.8 Å². The molecule has 2 rings (SSSR count). The van der Waals surface area contributed by atoms with Gasteiger partial charge >= 0.3 is 0 Å². The minimum atomic E-state index is -0.261. The van der Waals surface area contributed by atoms with Crippen LogP contribution in [0.2, 0.25) is 0 Å². The molecule has 166 valence electrons. The van der Waals surface area contributed by atoms with Crippen molar-refractivity contribution in [3.8, 4) is 0 Å². The molecule has 6 N–H and O–H groups in total. The first-order valence-electron chi connectivity index (χ1n) is 9.61. The summed E-state index contributed by atoms with van der Waals surface area (Å²) in [6.07, 6.45) is 1.34. The molecule has 2 aromatic rings. The van der Waals surface area contributed by atoms with Crippen LogP contribution in [0.5, 0.6) is 0 Å². The predicted octanol–water partition coefficient (Wildman–Crippen LogP) is 1.000. The molecule has 31 heavy (non-hydrogen) atoms. The standard InChI is InChI=1S/C20H27N7O3S/c1-12(28)24-20-26-15(9-6-13-4-7-14(8-5-13)25-19(21)22)17(31-20)18(30)27(3)11-10-16(29)23-2/h4-5,7-8H,6,9-11H2,1-3H3,(H,23,29)(H4,21,22,25)(H,24,26,28). The van der Waals surface area contributed by atoms with Gasteiger partial charge in [0.25, 0.3) is 5.91 Å². The lowest BCUT2D eigenvalue weighted by atomic mass is 10.1. The van der Waals surface area contributed by atoms with E-state index in [1.54, 1.807) is 26.2 Å². The van der Waals surface area contributed by atoms with Crippen LogP contribution in [0.15, 0.2) is 29.3 Å². The molecule has 3 amide bonds. The third kappa shape index (κ3) is 7.37. The number of guanidine groups is 1. The number of carbonyl (C=O) groups excluding carboxylic acids is 3. The van der Waals surface area contributed by atoms with Gasteiger partial charge in [-0.3, -0.25) is 14.4 Å². The van der Waals surface area contributed by atoms with E-state index in [-0.39, 0.29) is 36.6 Å². The van der Waals surface area contributed by atoms with Crippen molar-refractivity contribution in [2.45, 2.75) is 26.2 Å². The summed E-state index contributed by atoms with van der Waals surface area (Å²) in [6.45, 7) is 1.66. The Morgan fingerprint density at radius 2 is 1.84 bits per heavy atom. The van der Waals surface area contributed by atoms with Crippen LogP contribution in [-0.4, -0.2) is 54.2 Å². The Morgan fingerprint density at radius 1 is 1.16 bits per heavy atom. The van der Waals surface area contributed by atoms with E-state index in [9.17, 15) is 14.4 Å². The van der Waals surface area contributed by atoms with Crippen molar-refractivity contribution in [2.75, 3.05) is 26.0 Å². The van der Waals surface area contributed by atoms with Crippen LogP contribution in [0.1, 0.15) is 34.3 Å². The normalized spacial score (nSPS) is 10.3. The lowest BCUT2D eigenvalue weighted by molar-refractivity contribution is -0.120. The molecule has 1 aromatic carbocycles. The molecule has 0 unspecified atom stereocenters. The van der Waals surface area contributed by atoms with Gasteiger partial charge in [0.1, 0.15) is 4.88 Å². The topological polar surface area (TPSA) is 156 Å². The number of benzene rings is 1. The lowest BCUT2D eigenvalue weighted by Crippen LogP contribution is -2.31. The summed E-state index contributed by atoms with van der Waals surface area (Å²) in [6, 6.07) is 7.41. The Hall–Kier alpha value is -3.47. The molecular formula is C20H27N7O3S. The van der Waals surface area contributed by atoms with Crippen LogP contribution < -0.4 is 22.1 Å². The maximum Gasteiger partial charge on any atom is 0.265 e. The van der Waals surface area contributed by atoms with Crippen molar-refractivity contribution in [1.82, 2.24) is 15.2 Å². The van der Waals surface area contributed by atoms with Gasteiger partial charge in [0, 0.05) is 34.0 Å². The molecule has 10 nitrogen and oxygen atoms in total. The number of carbonyl (C=O) groups is 3. The number of hydrogen-bond acceptors (Lipinski definition) is 6. The highest BCUT2D eigenvalue weighted by atomic mass is 32.1. The summed E-state index contributed by atoms with van der Waals surface area (Å²) in [5.74, 6) is -0.657. The second kappa shape index (κ2) is 11.1. The Labute approximate surface area is 184 Å². The number of nitrogens with one attached hydrogen (secondary N) is 2. The zero-order chi connectivity index (χ0) is 23.0. The molecule has 0 fully saturated rings. The summed E-state index contributed by atoms with van der Waals surface area (Å²) in [7, 11) is 3.18. The quantitative estimate of drug-likeness (QED) is 0.333. The molecule has 0 spiro atoms. The number of nitrogens with zero attached hydrogens (tertiary/aromatic N) is 3. The van der Waals surface area contributed by atoms with E-state index in [0.29, 0.717) is 34.2 Å². The summed E-state index contributed by atoms with van der Waals surface area (Å²) < 4.78 is 0. The minimum absolute atomic E-state index is 0.00980. The molecule has 0 aliphatic rings. The third-order valence-electron chi connectivity index (χ3n) is 4.32. The fourth-order valence-electron chi connectivity index (χ4n) is 2.71. The Balaban J connectivity index is 2.16. The van der Waals surface area contributed by atoms with Gasteiger partial charge in [0.2, 0.25) is 11.8 Å². The second-order valence-electron chi connectivity index (χ2n) is 6.83. The number of nitrogens with two attached hydrogens (primary N) is 2. The van der Waals surface area contributed by atoms with Gasteiger partial charge in [-0.25, -0.2) is 9.98 Å². The van der Waals surface area contributed by atoms with E-state index in [4.69, 9.17) is 11.5 Å². The zero-order valence-corrected chi connectivity index (χ0v) is 18.6. The summed E-state index contributed by atoms with van der Waals surface area (Å²) in [5.41, 5.74) is 13.0.